The molecule has 3 aromatic heterocycles. The molecule has 1 aliphatic heterocycles. The molecular weight excluding hydrogens is 418 g/mol. The van der Waals surface area contributed by atoms with Crippen molar-refractivity contribution in [2.45, 2.75) is 45.4 Å². The van der Waals surface area contributed by atoms with Crippen molar-refractivity contribution in [2.75, 3.05) is 36.2 Å². The average molecular weight is 464 g/mol. The third-order valence-corrected chi connectivity index (χ3v) is 4.91. The largest absolute Gasteiger partial charge is 0.368 e. The van der Waals surface area contributed by atoms with Gasteiger partial charge in [-0.2, -0.15) is 4.98 Å². The van der Waals surface area contributed by atoms with Crippen LogP contribution < -0.4 is 21.1 Å². The lowest BCUT2D eigenvalue weighted by Crippen LogP contribution is -2.43. The zero-order valence-electron chi connectivity index (χ0n) is 33.3. The predicted octanol–water partition coefficient (Wildman–Crippen LogP) is 2.97. The number of aryl methyl sites for hydroxylation is 1. The number of hydrogen-bond donors (Lipinski definition) is 2. The molecule has 1 saturated carbocycles. The first-order valence-corrected chi connectivity index (χ1v) is 9.86. The summed E-state index contributed by atoms with van der Waals surface area (Å²) in [6.45, 7) is -14.6. The third-order valence-electron chi connectivity index (χ3n) is 4.91. The van der Waals surface area contributed by atoms with Crippen molar-refractivity contribution in [2.24, 2.45) is 0 Å². The smallest absolute Gasteiger partial charge is 0.263 e. The summed E-state index contributed by atoms with van der Waals surface area (Å²) in [5.74, 6) is -1.60. The molecule has 1 saturated heterocycles. The highest BCUT2D eigenvalue weighted by molar-refractivity contribution is 5.99. The Kier molecular flexibility index (Phi) is 2.67. The number of carbonyl (C=O) groups is 1. The Hall–Kier alpha value is -3.33. The van der Waals surface area contributed by atoms with E-state index in [0.29, 0.717) is 4.57 Å². The zero-order chi connectivity index (χ0) is 37.1. The molecule has 0 radical (unpaired) electrons. The van der Waals surface area contributed by atoms with Crippen LogP contribution in [-0.2, 0) is 0 Å². The molecule has 1 aliphatic carbocycles. The Labute approximate surface area is 214 Å². The highest BCUT2D eigenvalue weighted by atomic mass is 16.1. The second-order valence-corrected chi connectivity index (χ2v) is 7.04. The average Bonchev–Trinajstić information content (AvgIpc) is 3.10. The topological polar surface area (TPSA) is 105 Å². The second kappa shape index (κ2) is 8.90. The number of piperazine rings is 1. The van der Waals surface area contributed by atoms with Gasteiger partial charge in [-0.05, 0) is 44.2 Å². The molecule has 2 fully saturated rings. The minimum Gasteiger partial charge on any atom is -0.368 e. The van der Waals surface area contributed by atoms with Crippen LogP contribution in [0.4, 0.5) is 17.5 Å². The van der Waals surface area contributed by atoms with Gasteiger partial charge in [0.05, 0.1) is 24.3 Å². The van der Waals surface area contributed by atoms with E-state index in [4.69, 9.17) is 21.9 Å². The molecule has 5 rings (SSSR count). The fourth-order valence-electron chi connectivity index (χ4n) is 3.41. The minimum atomic E-state index is -3.13. The van der Waals surface area contributed by atoms with Crippen molar-refractivity contribution in [3.05, 3.63) is 46.0 Å². The molecule has 0 atom stereocenters. The number of nitrogens with one attached hydrogen (secondary N) is 2. The minimum absolute atomic E-state index is 0.136. The van der Waals surface area contributed by atoms with E-state index < -0.39 is 104 Å². The standard InChI is InChI=1S/C24H29N7O2/c1-15-19-14-27-24(28-20-8-7-18(13-26-20)30-11-9-25-10-12-30)29-22(19)31(17-5-3-4-6-17)23(33)21(15)16(2)32/h7-8,13-14,17,25H,3-6,9-12H2,1-2H3,(H,26,27,28,29)/i1D3,5D2,6D2,9D2,10D2,11D2,12D2,17D. The molecule has 0 bridgehead atoms. The van der Waals surface area contributed by atoms with Crippen molar-refractivity contribution in [3.63, 3.8) is 0 Å². The van der Waals surface area contributed by atoms with Crippen LogP contribution in [0.15, 0.2) is 29.3 Å². The summed E-state index contributed by atoms with van der Waals surface area (Å²) >= 11 is 0. The van der Waals surface area contributed by atoms with Crippen LogP contribution in [0.1, 0.15) is 76.4 Å². The number of ketones is 1. The van der Waals surface area contributed by atoms with E-state index in [0.717, 1.165) is 31.5 Å². The predicted molar refractivity (Wildman–Crippen MR) is 129 cm³/mol. The molecule has 0 unspecified atom stereocenters. The fraction of sp³-hybridized carbons (Fsp3) is 0.458. The van der Waals surface area contributed by atoms with Crippen molar-refractivity contribution in [1.82, 2.24) is 24.8 Å². The van der Waals surface area contributed by atoms with E-state index in [9.17, 15) is 9.59 Å². The van der Waals surface area contributed by atoms with Gasteiger partial charge in [0, 0.05) is 58.7 Å². The van der Waals surface area contributed by atoms with Crippen molar-refractivity contribution in [1.29, 1.82) is 0 Å². The Morgan fingerprint density at radius 2 is 2.03 bits per heavy atom. The number of fused-ring (bicyclic) bond motifs is 1. The van der Waals surface area contributed by atoms with Crippen LogP contribution in [0.2, 0.25) is 0 Å². The summed E-state index contributed by atoms with van der Waals surface area (Å²) in [5.41, 5.74) is -4.16. The number of aromatic nitrogens is 4. The number of anilines is 3. The Morgan fingerprint density at radius 1 is 1.24 bits per heavy atom. The molecule has 4 heterocycles. The van der Waals surface area contributed by atoms with Gasteiger partial charge in [-0.1, -0.05) is 12.8 Å². The number of hydrogen-bond acceptors (Lipinski definition) is 8. The molecule has 2 aliphatic rings. The van der Waals surface area contributed by atoms with Gasteiger partial charge in [0.1, 0.15) is 11.5 Å². The summed E-state index contributed by atoms with van der Waals surface area (Å²) in [4.78, 5) is 39.2. The molecule has 9 nitrogen and oxygen atoms in total. The fourth-order valence-corrected chi connectivity index (χ4v) is 3.41. The van der Waals surface area contributed by atoms with E-state index >= 15 is 0 Å². The van der Waals surface area contributed by atoms with E-state index in [1.807, 2.05) is 0 Å². The molecule has 9 heteroatoms. The Morgan fingerprint density at radius 3 is 2.70 bits per heavy atom. The molecule has 0 amide bonds. The lowest BCUT2D eigenvalue weighted by Gasteiger charge is -2.29. The lowest BCUT2D eigenvalue weighted by atomic mass is 10.0. The zero-order valence-corrected chi connectivity index (χ0v) is 17.3. The number of Topliss-reactive ketones (excluding diaryl/α,β-unsaturated/α-hetero) is 1. The maximum atomic E-state index is 13.9. The maximum Gasteiger partial charge on any atom is 0.263 e. The highest BCUT2D eigenvalue weighted by Crippen LogP contribution is 2.32. The van der Waals surface area contributed by atoms with Gasteiger partial charge < -0.3 is 15.5 Å². The van der Waals surface area contributed by atoms with E-state index in [1.165, 1.54) is 0 Å². The quantitative estimate of drug-likeness (QED) is 0.557. The Bertz CT molecular complexity index is 1870. The molecule has 0 spiro atoms. The highest BCUT2D eigenvalue weighted by Gasteiger charge is 2.25. The van der Waals surface area contributed by atoms with Gasteiger partial charge in [0.25, 0.3) is 5.56 Å². The summed E-state index contributed by atoms with van der Waals surface area (Å²) < 4.78 is 133. The number of nitrogens with zero attached hydrogens (tertiary/aromatic N) is 5. The molecule has 0 aromatic carbocycles. The molecule has 172 valence electrons. The second-order valence-electron chi connectivity index (χ2n) is 7.04. The number of rotatable bonds is 5. The van der Waals surface area contributed by atoms with Crippen LogP contribution in [0.3, 0.4) is 0 Å². The summed E-state index contributed by atoms with van der Waals surface area (Å²) in [7, 11) is 0. The lowest BCUT2D eigenvalue weighted by molar-refractivity contribution is 0.101. The molecule has 33 heavy (non-hydrogen) atoms. The molecule has 2 N–H and O–H groups in total. The van der Waals surface area contributed by atoms with Gasteiger partial charge in [-0.15, -0.1) is 0 Å². The number of carbonyl (C=O) groups excluding carboxylic acids is 1. The van der Waals surface area contributed by atoms with E-state index in [2.05, 4.69) is 20.3 Å². The first kappa shape index (κ1) is 9.89. The van der Waals surface area contributed by atoms with Crippen LogP contribution in [0, 0.1) is 6.85 Å². The van der Waals surface area contributed by atoms with Crippen molar-refractivity contribution >= 4 is 34.3 Å². The van der Waals surface area contributed by atoms with E-state index in [-0.39, 0.29) is 16.4 Å². The van der Waals surface area contributed by atoms with Crippen LogP contribution in [0.5, 0.6) is 0 Å². The van der Waals surface area contributed by atoms with Gasteiger partial charge in [-0.25, -0.2) is 9.97 Å². The van der Waals surface area contributed by atoms with Gasteiger partial charge in [0.2, 0.25) is 5.95 Å². The maximum absolute atomic E-state index is 13.9. The van der Waals surface area contributed by atoms with Crippen LogP contribution >= 0.6 is 0 Å². The Balaban J connectivity index is 1.68. The van der Waals surface area contributed by atoms with Gasteiger partial charge in [0.15, 0.2) is 5.78 Å². The summed E-state index contributed by atoms with van der Waals surface area (Å²) in [6.07, 6.45) is -4.59. The first-order chi connectivity index (χ1) is 22.1. The van der Waals surface area contributed by atoms with Crippen LogP contribution in [0.25, 0.3) is 11.0 Å². The third kappa shape index (κ3) is 4.08. The van der Waals surface area contributed by atoms with Gasteiger partial charge in [-0.3, -0.25) is 14.2 Å². The van der Waals surface area contributed by atoms with E-state index in [1.54, 1.807) is 5.32 Å². The summed E-state index contributed by atoms with van der Waals surface area (Å²) in [6, 6.07) is -0.802. The number of pyridine rings is 2. The molecular formula is C24H29N7O2. The first-order valence-electron chi connectivity index (χ1n) is 17.9. The summed E-state index contributed by atoms with van der Waals surface area (Å²) in [5, 5.41) is 3.89. The van der Waals surface area contributed by atoms with Crippen molar-refractivity contribution < 1.29 is 26.7 Å². The van der Waals surface area contributed by atoms with Gasteiger partial charge >= 0.3 is 0 Å². The van der Waals surface area contributed by atoms with Crippen LogP contribution in [-0.4, -0.2) is 51.3 Å². The normalized spacial score (nSPS) is 34.6. The monoisotopic (exact) mass is 463 g/mol. The van der Waals surface area contributed by atoms with Crippen molar-refractivity contribution in [3.8, 4) is 0 Å². The molecule has 3 aromatic rings. The SMILES string of the molecule is [2H]C([2H])([2H])c1c(C(C)=O)c(=O)n(C2([2H])C([2H])([2H])CCC2([2H])[2H])c2nc(Nc3ccc(N4C([2H])([2H])C([2H])([2H])NC([2H])([2H])C4([2H])[2H])cn3)ncc12.